The second-order valence-electron chi connectivity index (χ2n) is 3.43. The molecule has 0 aromatic heterocycles. The lowest BCUT2D eigenvalue weighted by Crippen LogP contribution is -1.96. The highest BCUT2D eigenvalue weighted by atomic mass is 16.5. The van der Waals surface area contributed by atoms with Gasteiger partial charge in [0, 0.05) is 12.1 Å². The fraction of sp³-hybridized carbons (Fsp3) is 0.385. The topological polar surface area (TPSA) is 53.7 Å². The average Bonchev–Trinajstić information content (AvgIpc) is 2.38. The quantitative estimate of drug-likeness (QED) is 0.823. The number of ether oxygens (including phenoxy) is 3. The molecular weight excluding hydrogens is 218 g/mol. The van der Waals surface area contributed by atoms with Gasteiger partial charge < -0.3 is 19.9 Å². The first-order valence-electron chi connectivity index (χ1n) is 5.43. The van der Waals surface area contributed by atoms with Gasteiger partial charge in [-0.05, 0) is 13.0 Å². The Morgan fingerprint density at radius 2 is 1.65 bits per heavy atom. The maximum Gasteiger partial charge on any atom is 0.133 e. The van der Waals surface area contributed by atoms with Crippen LogP contribution in [-0.2, 0) is 0 Å². The molecule has 1 aromatic rings. The van der Waals surface area contributed by atoms with Gasteiger partial charge in [0.2, 0.25) is 0 Å². The van der Waals surface area contributed by atoms with Gasteiger partial charge in [0.05, 0.1) is 26.9 Å². The summed E-state index contributed by atoms with van der Waals surface area (Å²) in [5, 5.41) is 0. The van der Waals surface area contributed by atoms with Crippen LogP contribution in [0.3, 0.4) is 0 Å². The SMILES string of the molecule is COc1cc(OC)c(C=CCCN)c(OC)c1. The maximum absolute atomic E-state index is 5.45. The van der Waals surface area contributed by atoms with E-state index in [1.165, 1.54) is 0 Å². The number of hydrogen-bond acceptors (Lipinski definition) is 4. The van der Waals surface area contributed by atoms with Crippen molar-refractivity contribution in [2.75, 3.05) is 27.9 Å². The van der Waals surface area contributed by atoms with E-state index < -0.39 is 0 Å². The highest BCUT2D eigenvalue weighted by Gasteiger charge is 2.10. The highest BCUT2D eigenvalue weighted by molar-refractivity contribution is 5.66. The molecule has 0 amide bonds. The molecule has 0 aliphatic carbocycles. The fourth-order valence-electron chi connectivity index (χ4n) is 1.49. The third-order valence-corrected chi connectivity index (χ3v) is 2.37. The molecular formula is C13H19NO3. The summed E-state index contributed by atoms with van der Waals surface area (Å²) in [6.07, 6.45) is 4.76. The lowest BCUT2D eigenvalue weighted by atomic mass is 10.1. The summed E-state index contributed by atoms with van der Waals surface area (Å²) in [4.78, 5) is 0. The van der Waals surface area contributed by atoms with E-state index in [1.807, 2.05) is 24.3 Å². The van der Waals surface area contributed by atoms with E-state index in [2.05, 4.69) is 0 Å². The van der Waals surface area contributed by atoms with Gasteiger partial charge in [0.25, 0.3) is 0 Å². The molecule has 0 fully saturated rings. The van der Waals surface area contributed by atoms with Crippen molar-refractivity contribution in [2.24, 2.45) is 5.73 Å². The molecule has 1 aromatic carbocycles. The fourth-order valence-corrected chi connectivity index (χ4v) is 1.49. The second-order valence-corrected chi connectivity index (χ2v) is 3.43. The van der Waals surface area contributed by atoms with Crippen molar-refractivity contribution in [1.82, 2.24) is 0 Å². The summed E-state index contributed by atoms with van der Waals surface area (Å²) < 4.78 is 15.8. The molecule has 0 saturated carbocycles. The molecule has 0 spiro atoms. The van der Waals surface area contributed by atoms with Crippen molar-refractivity contribution >= 4 is 6.08 Å². The molecule has 0 aliphatic heterocycles. The van der Waals surface area contributed by atoms with Gasteiger partial charge >= 0.3 is 0 Å². The minimum atomic E-state index is 0.622. The second kappa shape index (κ2) is 6.81. The zero-order valence-electron chi connectivity index (χ0n) is 10.5. The van der Waals surface area contributed by atoms with Crippen LogP contribution in [0.25, 0.3) is 6.08 Å². The van der Waals surface area contributed by atoms with E-state index in [0.29, 0.717) is 12.3 Å². The van der Waals surface area contributed by atoms with Crippen molar-refractivity contribution in [3.8, 4) is 17.2 Å². The zero-order valence-corrected chi connectivity index (χ0v) is 10.5. The van der Waals surface area contributed by atoms with Crippen molar-refractivity contribution in [2.45, 2.75) is 6.42 Å². The molecule has 1 rings (SSSR count). The van der Waals surface area contributed by atoms with Gasteiger partial charge in [0.15, 0.2) is 0 Å². The van der Waals surface area contributed by atoms with E-state index in [0.717, 1.165) is 23.5 Å². The Morgan fingerprint density at radius 1 is 1.06 bits per heavy atom. The Bertz CT molecular complexity index is 363. The van der Waals surface area contributed by atoms with E-state index >= 15 is 0 Å². The van der Waals surface area contributed by atoms with E-state index in [1.54, 1.807) is 21.3 Å². The van der Waals surface area contributed by atoms with Crippen LogP contribution >= 0.6 is 0 Å². The predicted octanol–water partition coefficient (Wildman–Crippen LogP) is 2.07. The van der Waals surface area contributed by atoms with Gasteiger partial charge in [0.1, 0.15) is 17.2 Å². The van der Waals surface area contributed by atoms with Crippen LogP contribution in [0.15, 0.2) is 18.2 Å². The zero-order chi connectivity index (χ0) is 12.7. The van der Waals surface area contributed by atoms with E-state index in [4.69, 9.17) is 19.9 Å². The summed E-state index contributed by atoms with van der Waals surface area (Å²) in [5.74, 6) is 2.14. The molecule has 0 aliphatic rings. The van der Waals surface area contributed by atoms with E-state index in [-0.39, 0.29) is 0 Å². The molecule has 0 radical (unpaired) electrons. The van der Waals surface area contributed by atoms with Gasteiger partial charge in [-0.25, -0.2) is 0 Å². The van der Waals surface area contributed by atoms with Crippen LogP contribution in [0.2, 0.25) is 0 Å². The number of benzene rings is 1. The lowest BCUT2D eigenvalue weighted by molar-refractivity contribution is 0.374. The number of hydrogen-bond donors (Lipinski definition) is 1. The monoisotopic (exact) mass is 237 g/mol. The Labute approximate surface area is 102 Å². The standard InChI is InChI=1S/C13H19NO3/c1-15-10-8-12(16-2)11(6-4-5-7-14)13(9-10)17-3/h4,6,8-9H,5,7,14H2,1-3H3. The average molecular weight is 237 g/mol. The third kappa shape index (κ3) is 3.39. The van der Waals surface area contributed by atoms with Crippen molar-refractivity contribution < 1.29 is 14.2 Å². The van der Waals surface area contributed by atoms with Gasteiger partial charge in [-0.3, -0.25) is 0 Å². The predicted molar refractivity (Wildman–Crippen MR) is 68.8 cm³/mol. The summed E-state index contributed by atoms with van der Waals surface area (Å²) in [5.41, 5.74) is 6.34. The summed E-state index contributed by atoms with van der Waals surface area (Å²) in [6, 6.07) is 3.65. The first-order chi connectivity index (χ1) is 8.26. The summed E-state index contributed by atoms with van der Waals surface area (Å²) in [6.45, 7) is 0.622. The smallest absolute Gasteiger partial charge is 0.133 e. The van der Waals surface area contributed by atoms with Crippen LogP contribution in [-0.4, -0.2) is 27.9 Å². The molecule has 4 nitrogen and oxygen atoms in total. The Hall–Kier alpha value is -1.68. The highest BCUT2D eigenvalue weighted by Crippen LogP contribution is 2.34. The summed E-state index contributed by atoms with van der Waals surface area (Å²) in [7, 11) is 4.85. The van der Waals surface area contributed by atoms with Crippen molar-refractivity contribution in [3.63, 3.8) is 0 Å². The molecule has 0 bridgehead atoms. The van der Waals surface area contributed by atoms with Gasteiger partial charge in [-0.15, -0.1) is 0 Å². The maximum atomic E-state index is 5.45. The minimum Gasteiger partial charge on any atom is -0.496 e. The summed E-state index contributed by atoms with van der Waals surface area (Å²) >= 11 is 0. The van der Waals surface area contributed by atoms with Crippen LogP contribution in [0.1, 0.15) is 12.0 Å². The molecule has 2 N–H and O–H groups in total. The number of nitrogens with two attached hydrogens (primary N) is 1. The molecule has 0 heterocycles. The molecule has 4 heteroatoms. The first-order valence-corrected chi connectivity index (χ1v) is 5.43. The van der Waals surface area contributed by atoms with Crippen molar-refractivity contribution in [1.29, 1.82) is 0 Å². The molecule has 17 heavy (non-hydrogen) atoms. The Kier molecular flexibility index (Phi) is 5.36. The van der Waals surface area contributed by atoms with Crippen LogP contribution in [0.4, 0.5) is 0 Å². The lowest BCUT2D eigenvalue weighted by Gasteiger charge is -2.12. The largest absolute Gasteiger partial charge is 0.496 e. The molecule has 94 valence electrons. The van der Waals surface area contributed by atoms with Crippen LogP contribution in [0.5, 0.6) is 17.2 Å². The third-order valence-electron chi connectivity index (χ3n) is 2.37. The normalized spacial score (nSPS) is 10.6. The molecule has 0 atom stereocenters. The first kappa shape index (κ1) is 13.4. The van der Waals surface area contributed by atoms with Crippen LogP contribution in [0, 0.1) is 0 Å². The number of rotatable bonds is 6. The van der Waals surface area contributed by atoms with Crippen molar-refractivity contribution in [3.05, 3.63) is 23.8 Å². The molecule has 0 unspecified atom stereocenters. The van der Waals surface area contributed by atoms with Gasteiger partial charge in [-0.1, -0.05) is 12.2 Å². The minimum absolute atomic E-state index is 0.622. The molecule has 0 saturated heterocycles. The number of methoxy groups -OCH3 is 3. The Balaban J connectivity index is 3.15. The Morgan fingerprint density at radius 3 is 2.06 bits per heavy atom. The van der Waals surface area contributed by atoms with Gasteiger partial charge in [-0.2, -0.15) is 0 Å². The van der Waals surface area contributed by atoms with Crippen LogP contribution < -0.4 is 19.9 Å². The van der Waals surface area contributed by atoms with E-state index in [9.17, 15) is 0 Å².